The molecule has 27 heavy (non-hydrogen) atoms. The Morgan fingerprint density at radius 2 is 1.93 bits per heavy atom. The van der Waals surface area contributed by atoms with Crippen LogP contribution in [-0.2, 0) is 13.1 Å². The maximum absolute atomic E-state index is 12.5. The molecule has 2 N–H and O–H groups in total. The summed E-state index contributed by atoms with van der Waals surface area (Å²) < 4.78 is 41.4. The molecule has 3 rings (SSSR count). The molecule has 0 spiro atoms. The molecular formula is C18H20F3N3O2S. The second-order valence-electron chi connectivity index (χ2n) is 6.13. The Morgan fingerprint density at radius 3 is 2.67 bits per heavy atom. The number of carbonyl (C=O) groups is 1. The molecule has 9 heteroatoms. The molecule has 1 aromatic carbocycles. The number of piperazine rings is 1. The van der Waals surface area contributed by atoms with Crippen molar-refractivity contribution in [2.75, 3.05) is 26.2 Å². The number of halogens is 3. The monoisotopic (exact) mass is 399 g/mol. The lowest BCUT2D eigenvalue weighted by Crippen LogP contribution is -2.42. The fraction of sp³-hybridized carbons (Fsp3) is 0.389. The summed E-state index contributed by atoms with van der Waals surface area (Å²) in [5, 5.41) is 5.95. The van der Waals surface area contributed by atoms with Crippen molar-refractivity contribution >= 4 is 17.2 Å². The van der Waals surface area contributed by atoms with Crippen molar-refractivity contribution in [3.63, 3.8) is 0 Å². The van der Waals surface area contributed by atoms with E-state index in [2.05, 4.69) is 20.3 Å². The third-order valence-corrected chi connectivity index (χ3v) is 5.18. The van der Waals surface area contributed by atoms with E-state index < -0.39 is 6.36 Å². The van der Waals surface area contributed by atoms with Gasteiger partial charge in [0.05, 0.1) is 4.88 Å². The van der Waals surface area contributed by atoms with E-state index >= 15 is 0 Å². The second-order valence-corrected chi connectivity index (χ2v) is 7.30. The number of nitrogens with zero attached hydrogens (tertiary/aromatic N) is 1. The molecule has 1 aromatic heterocycles. The van der Waals surface area contributed by atoms with Crippen LogP contribution in [0, 0.1) is 0 Å². The maximum atomic E-state index is 12.5. The van der Waals surface area contributed by atoms with Gasteiger partial charge in [0.2, 0.25) is 0 Å². The van der Waals surface area contributed by atoms with Gasteiger partial charge in [-0.25, -0.2) is 0 Å². The number of hydrogen-bond acceptors (Lipinski definition) is 5. The lowest BCUT2D eigenvalue weighted by atomic mass is 10.2. The standard InChI is InChI=1S/C18H20F3N3O2S/c19-18(20,21)26-15-4-2-1-3-13(15)11-23-17(25)16-6-5-14(27-16)12-24-9-7-22-8-10-24/h1-6,22H,7-12H2,(H,23,25). The molecule has 0 saturated carbocycles. The zero-order valence-electron chi connectivity index (χ0n) is 14.5. The summed E-state index contributed by atoms with van der Waals surface area (Å²) in [5.41, 5.74) is 0.265. The summed E-state index contributed by atoms with van der Waals surface area (Å²) in [6.07, 6.45) is -4.77. The topological polar surface area (TPSA) is 53.6 Å². The second kappa shape index (κ2) is 8.73. The Bertz CT molecular complexity index is 773. The van der Waals surface area contributed by atoms with Crippen LogP contribution in [0.15, 0.2) is 36.4 Å². The molecule has 0 aliphatic carbocycles. The number of rotatable bonds is 6. The molecule has 0 radical (unpaired) electrons. The van der Waals surface area contributed by atoms with Gasteiger partial charge in [-0.05, 0) is 18.2 Å². The van der Waals surface area contributed by atoms with Crippen molar-refractivity contribution in [1.82, 2.24) is 15.5 Å². The third kappa shape index (κ3) is 5.95. The van der Waals surface area contributed by atoms with E-state index in [0.29, 0.717) is 4.88 Å². The lowest BCUT2D eigenvalue weighted by molar-refractivity contribution is -0.274. The molecular weight excluding hydrogens is 379 g/mol. The van der Waals surface area contributed by atoms with Gasteiger partial charge in [-0.15, -0.1) is 24.5 Å². The Labute approximate surface area is 159 Å². The molecule has 0 unspecified atom stereocenters. The van der Waals surface area contributed by atoms with Gasteiger partial charge in [0.1, 0.15) is 5.75 Å². The highest BCUT2D eigenvalue weighted by Crippen LogP contribution is 2.26. The predicted octanol–water partition coefficient (Wildman–Crippen LogP) is 2.98. The Hall–Kier alpha value is -2.10. The average molecular weight is 399 g/mol. The van der Waals surface area contributed by atoms with Crippen molar-refractivity contribution in [2.24, 2.45) is 0 Å². The summed E-state index contributed by atoms with van der Waals surface area (Å²) in [5.74, 6) is -0.621. The highest BCUT2D eigenvalue weighted by atomic mass is 32.1. The molecule has 2 heterocycles. The van der Waals surface area contributed by atoms with Crippen molar-refractivity contribution < 1.29 is 22.7 Å². The van der Waals surface area contributed by atoms with Crippen LogP contribution in [0.1, 0.15) is 20.1 Å². The van der Waals surface area contributed by atoms with E-state index in [9.17, 15) is 18.0 Å². The molecule has 1 saturated heterocycles. The van der Waals surface area contributed by atoms with Gasteiger partial charge >= 0.3 is 6.36 Å². The quantitative estimate of drug-likeness (QED) is 0.784. The van der Waals surface area contributed by atoms with E-state index in [1.165, 1.54) is 29.5 Å². The number of ether oxygens (including phenoxy) is 1. The number of benzene rings is 1. The fourth-order valence-corrected chi connectivity index (χ4v) is 3.78. The van der Waals surface area contributed by atoms with Crippen molar-refractivity contribution in [2.45, 2.75) is 19.5 Å². The Kier molecular flexibility index (Phi) is 6.35. The third-order valence-electron chi connectivity index (χ3n) is 4.11. The fourth-order valence-electron chi connectivity index (χ4n) is 2.81. The molecule has 146 valence electrons. The van der Waals surface area contributed by atoms with Gasteiger partial charge < -0.3 is 15.4 Å². The van der Waals surface area contributed by atoms with Gasteiger partial charge in [-0.2, -0.15) is 0 Å². The first kappa shape index (κ1) is 19.7. The van der Waals surface area contributed by atoms with Crippen LogP contribution in [0.5, 0.6) is 5.75 Å². The minimum Gasteiger partial charge on any atom is -0.405 e. The SMILES string of the molecule is O=C(NCc1ccccc1OC(F)(F)F)c1ccc(CN2CCNCC2)s1. The van der Waals surface area contributed by atoms with E-state index in [0.717, 1.165) is 37.6 Å². The van der Waals surface area contributed by atoms with Crippen LogP contribution in [0.3, 0.4) is 0 Å². The van der Waals surface area contributed by atoms with Crippen LogP contribution in [0.4, 0.5) is 13.2 Å². The van der Waals surface area contributed by atoms with E-state index in [-0.39, 0.29) is 23.8 Å². The predicted molar refractivity (Wildman–Crippen MR) is 96.8 cm³/mol. The summed E-state index contributed by atoms with van der Waals surface area (Å²) in [4.78, 5) is 16.3. The van der Waals surface area contributed by atoms with Crippen LogP contribution < -0.4 is 15.4 Å². The van der Waals surface area contributed by atoms with Gasteiger partial charge in [0.25, 0.3) is 5.91 Å². The van der Waals surface area contributed by atoms with Crippen molar-refractivity contribution in [3.05, 3.63) is 51.7 Å². The first-order valence-electron chi connectivity index (χ1n) is 8.54. The zero-order chi connectivity index (χ0) is 19.3. The van der Waals surface area contributed by atoms with Crippen LogP contribution in [0.25, 0.3) is 0 Å². The Morgan fingerprint density at radius 1 is 1.19 bits per heavy atom. The van der Waals surface area contributed by atoms with Crippen molar-refractivity contribution in [3.8, 4) is 5.75 Å². The molecule has 1 fully saturated rings. The highest BCUT2D eigenvalue weighted by Gasteiger charge is 2.32. The number of para-hydroxylation sites is 1. The van der Waals surface area contributed by atoms with Crippen molar-refractivity contribution in [1.29, 1.82) is 0 Å². The molecule has 2 aromatic rings. The smallest absolute Gasteiger partial charge is 0.405 e. The van der Waals surface area contributed by atoms with Gasteiger partial charge in [0, 0.05) is 49.7 Å². The van der Waals surface area contributed by atoms with E-state index in [4.69, 9.17) is 0 Å². The van der Waals surface area contributed by atoms with Crippen LogP contribution in [-0.4, -0.2) is 43.3 Å². The Balaban J connectivity index is 1.57. The first-order chi connectivity index (χ1) is 12.9. The number of amides is 1. The highest BCUT2D eigenvalue weighted by molar-refractivity contribution is 7.14. The lowest BCUT2D eigenvalue weighted by Gasteiger charge is -2.26. The molecule has 1 aliphatic rings. The molecule has 0 atom stereocenters. The minimum absolute atomic E-state index is 0.0455. The summed E-state index contributed by atoms with van der Waals surface area (Å²) >= 11 is 1.40. The normalized spacial score (nSPS) is 15.5. The number of carbonyl (C=O) groups excluding carboxylic acids is 1. The molecule has 1 aliphatic heterocycles. The number of nitrogens with one attached hydrogen (secondary N) is 2. The number of alkyl halides is 3. The number of hydrogen-bond donors (Lipinski definition) is 2. The first-order valence-corrected chi connectivity index (χ1v) is 9.36. The summed E-state index contributed by atoms with van der Waals surface area (Å²) in [7, 11) is 0. The minimum atomic E-state index is -4.77. The van der Waals surface area contributed by atoms with Crippen LogP contribution >= 0.6 is 11.3 Å². The van der Waals surface area contributed by atoms with E-state index in [1.807, 2.05) is 6.07 Å². The largest absolute Gasteiger partial charge is 0.573 e. The summed E-state index contributed by atoms with van der Waals surface area (Å²) in [6, 6.07) is 9.44. The van der Waals surface area contributed by atoms with E-state index in [1.54, 1.807) is 12.1 Å². The summed E-state index contributed by atoms with van der Waals surface area (Å²) in [6.45, 7) is 4.60. The average Bonchev–Trinajstić information content (AvgIpc) is 3.09. The number of thiophene rings is 1. The zero-order valence-corrected chi connectivity index (χ0v) is 15.3. The van der Waals surface area contributed by atoms with Crippen LogP contribution in [0.2, 0.25) is 0 Å². The van der Waals surface area contributed by atoms with Gasteiger partial charge in [0.15, 0.2) is 0 Å². The van der Waals surface area contributed by atoms with Gasteiger partial charge in [-0.1, -0.05) is 18.2 Å². The van der Waals surface area contributed by atoms with Gasteiger partial charge in [-0.3, -0.25) is 9.69 Å². The molecule has 5 nitrogen and oxygen atoms in total. The maximum Gasteiger partial charge on any atom is 0.573 e. The molecule has 0 bridgehead atoms. The molecule has 1 amide bonds.